The lowest BCUT2D eigenvalue weighted by Crippen LogP contribution is -2.50. The van der Waals surface area contributed by atoms with Gasteiger partial charge in [-0.25, -0.2) is 0 Å². The van der Waals surface area contributed by atoms with Crippen LogP contribution in [0.2, 0.25) is 0 Å². The molecule has 0 fully saturated rings. The van der Waals surface area contributed by atoms with Crippen LogP contribution in [0.3, 0.4) is 0 Å². The van der Waals surface area contributed by atoms with Gasteiger partial charge in [0.25, 0.3) is 0 Å². The fourth-order valence-electron chi connectivity index (χ4n) is 2.20. The number of carbonyl (C=O) groups is 1. The first-order chi connectivity index (χ1) is 9.73. The van der Waals surface area contributed by atoms with E-state index in [1.807, 2.05) is 18.2 Å². The van der Waals surface area contributed by atoms with E-state index in [0.717, 1.165) is 25.8 Å². The van der Waals surface area contributed by atoms with Gasteiger partial charge in [-0.1, -0.05) is 51.1 Å². The molecule has 0 unspecified atom stereocenters. The molecule has 1 rings (SSSR count). The van der Waals surface area contributed by atoms with E-state index in [4.69, 9.17) is 0 Å². The van der Waals surface area contributed by atoms with Gasteiger partial charge in [0.2, 0.25) is 0 Å². The maximum atomic E-state index is 11.5. The van der Waals surface area contributed by atoms with Crippen molar-refractivity contribution in [1.82, 2.24) is 5.32 Å². The number of aryl methyl sites for hydroxylation is 1. The van der Waals surface area contributed by atoms with Gasteiger partial charge in [0.1, 0.15) is 5.54 Å². The van der Waals surface area contributed by atoms with Crippen LogP contribution >= 0.6 is 0 Å². The van der Waals surface area contributed by atoms with Gasteiger partial charge in [0.15, 0.2) is 0 Å². The molecule has 0 spiro atoms. The molecule has 0 heterocycles. The van der Waals surface area contributed by atoms with Crippen molar-refractivity contribution in [1.29, 1.82) is 0 Å². The lowest BCUT2D eigenvalue weighted by atomic mass is 9.84. The van der Waals surface area contributed by atoms with Crippen LogP contribution < -0.4 is 5.32 Å². The van der Waals surface area contributed by atoms with Crippen molar-refractivity contribution in [3.8, 4) is 0 Å². The highest BCUT2D eigenvalue weighted by Gasteiger charge is 2.33. The third-order valence-electron chi connectivity index (χ3n) is 3.85. The van der Waals surface area contributed by atoms with E-state index >= 15 is 0 Å². The van der Waals surface area contributed by atoms with Crippen molar-refractivity contribution in [2.45, 2.75) is 58.9 Å². The fourth-order valence-corrected chi connectivity index (χ4v) is 2.20. The molecule has 1 aromatic carbocycles. The van der Waals surface area contributed by atoms with Crippen LogP contribution in [0, 0.1) is 5.41 Å². The van der Waals surface area contributed by atoms with Crippen LogP contribution in [0.25, 0.3) is 0 Å². The van der Waals surface area contributed by atoms with E-state index in [0.29, 0.717) is 6.42 Å². The number of benzene rings is 1. The monoisotopic (exact) mass is 291 g/mol. The van der Waals surface area contributed by atoms with Crippen LogP contribution in [0.4, 0.5) is 0 Å². The molecular weight excluding hydrogens is 262 g/mol. The van der Waals surface area contributed by atoms with Gasteiger partial charge in [0, 0.05) is 0 Å². The third kappa shape index (κ3) is 6.76. The van der Waals surface area contributed by atoms with E-state index in [2.05, 4.69) is 38.2 Å². The number of rotatable bonds is 8. The maximum absolute atomic E-state index is 11.5. The molecule has 2 N–H and O–H groups in total. The van der Waals surface area contributed by atoms with Crippen molar-refractivity contribution >= 4 is 5.97 Å². The second kappa shape index (κ2) is 7.60. The Kier molecular flexibility index (Phi) is 6.41. The van der Waals surface area contributed by atoms with Gasteiger partial charge >= 0.3 is 5.97 Å². The first-order valence-electron chi connectivity index (χ1n) is 7.75. The van der Waals surface area contributed by atoms with Crippen molar-refractivity contribution in [3.05, 3.63) is 35.9 Å². The molecule has 1 atom stereocenters. The fraction of sp³-hybridized carbons (Fsp3) is 0.611. The molecule has 0 aromatic heterocycles. The van der Waals surface area contributed by atoms with Crippen LogP contribution in [-0.2, 0) is 11.2 Å². The summed E-state index contributed by atoms with van der Waals surface area (Å²) >= 11 is 0. The molecule has 0 saturated heterocycles. The molecule has 0 amide bonds. The lowest BCUT2D eigenvalue weighted by molar-refractivity contribution is -0.144. The van der Waals surface area contributed by atoms with Crippen molar-refractivity contribution in [2.75, 3.05) is 6.54 Å². The van der Waals surface area contributed by atoms with Crippen LogP contribution in [-0.4, -0.2) is 23.2 Å². The summed E-state index contributed by atoms with van der Waals surface area (Å²) in [5, 5.41) is 12.7. The summed E-state index contributed by atoms with van der Waals surface area (Å²) in [6, 6.07) is 10.3. The Hall–Kier alpha value is -1.35. The van der Waals surface area contributed by atoms with Crippen LogP contribution in [0.1, 0.15) is 52.5 Å². The number of nitrogens with one attached hydrogen (secondary N) is 1. The van der Waals surface area contributed by atoms with Crippen LogP contribution in [0.5, 0.6) is 0 Å². The summed E-state index contributed by atoms with van der Waals surface area (Å²) in [6.07, 6.45) is 3.46. The quantitative estimate of drug-likeness (QED) is 0.715. The third-order valence-corrected chi connectivity index (χ3v) is 3.85. The molecule has 0 saturated carbocycles. The van der Waals surface area contributed by atoms with Gasteiger partial charge in [-0.15, -0.1) is 0 Å². The number of carboxylic acids is 1. The Bertz CT molecular complexity index is 436. The van der Waals surface area contributed by atoms with E-state index < -0.39 is 11.5 Å². The number of hydrogen-bond acceptors (Lipinski definition) is 2. The minimum atomic E-state index is -0.829. The first-order valence-corrected chi connectivity index (χ1v) is 7.75. The highest BCUT2D eigenvalue weighted by molar-refractivity contribution is 5.78. The van der Waals surface area contributed by atoms with Crippen molar-refractivity contribution < 1.29 is 9.90 Å². The Morgan fingerprint density at radius 2 is 1.71 bits per heavy atom. The second-order valence-electron chi connectivity index (χ2n) is 7.21. The standard InChI is InChI=1S/C18H29NO2/c1-17(2,3)12-13-18(4,16(20)21)19-14-8-11-15-9-6-5-7-10-15/h5-7,9-10,19H,8,11-14H2,1-4H3,(H,20,21)/t18-/m0/s1. The molecule has 0 aliphatic rings. The minimum absolute atomic E-state index is 0.155. The number of hydrogen-bond donors (Lipinski definition) is 2. The highest BCUT2D eigenvalue weighted by atomic mass is 16.4. The smallest absolute Gasteiger partial charge is 0.323 e. The van der Waals surface area contributed by atoms with Gasteiger partial charge in [-0.3, -0.25) is 4.79 Å². The molecule has 0 bridgehead atoms. The molecule has 3 heteroatoms. The zero-order valence-electron chi connectivity index (χ0n) is 13.8. The summed E-state index contributed by atoms with van der Waals surface area (Å²) in [5.74, 6) is -0.758. The molecule has 3 nitrogen and oxygen atoms in total. The topological polar surface area (TPSA) is 49.3 Å². The average Bonchev–Trinajstić information content (AvgIpc) is 2.42. The summed E-state index contributed by atoms with van der Waals surface area (Å²) in [5.41, 5.74) is 0.623. The first kappa shape index (κ1) is 17.7. The number of aliphatic carboxylic acids is 1. The van der Waals surface area contributed by atoms with Crippen LogP contribution in [0.15, 0.2) is 30.3 Å². The van der Waals surface area contributed by atoms with Gasteiger partial charge in [-0.2, -0.15) is 0 Å². The lowest BCUT2D eigenvalue weighted by Gasteiger charge is -2.30. The van der Waals surface area contributed by atoms with Crippen molar-refractivity contribution in [2.24, 2.45) is 5.41 Å². The minimum Gasteiger partial charge on any atom is -0.480 e. The summed E-state index contributed by atoms with van der Waals surface area (Å²) in [7, 11) is 0. The SMILES string of the molecule is CC(C)(C)CC[C@](C)(NCCCc1ccccc1)C(=O)O. The Labute approximate surface area is 128 Å². The second-order valence-corrected chi connectivity index (χ2v) is 7.21. The molecular formula is C18H29NO2. The highest BCUT2D eigenvalue weighted by Crippen LogP contribution is 2.25. The van der Waals surface area contributed by atoms with E-state index in [-0.39, 0.29) is 5.41 Å². The zero-order valence-corrected chi connectivity index (χ0v) is 13.8. The molecule has 21 heavy (non-hydrogen) atoms. The normalized spacial score (nSPS) is 14.7. The zero-order chi connectivity index (χ0) is 15.9. The maximum Gasteiger partial charge on any atom is 0.323 e. The van der Waals surface area contributed by atoms with E-state index in [1.165, 1.54) is 5.56 Å². The summed E-state index contributed by atoms with van der Waals surface area (Å²) in [4.78, 5) is 11.5. The molecule has 0 radical (unpaired) electrons. The van der Waals surface area contributed by atoms with E-state index in [9.17, 15) is 9.90 Å². The van der Waals surface area contributed by atoms with Gasteiger partial charge < -0.3 is 10.4 Å². The largest absolute Gasteiger partial charge is 0.480 e. The Morgan fingerprint density at radius 3 is 2.24 bits per heavy atom. The van der Waals surface area contributed by atoms with Gasteiger partial charge in [0.05, 0.1) is 0 Å². The molecule has 1 aromatic rings. The number of carboxylic acid groups (broad SMARTS) is 1. The predicted molar refractivity (Wildman–Crippen MR) is 87.5 cm³/mol. The summed E-state index contributed by atoms with van der Waals surface area (Å²) in [6.45, 7) is 8.95. The van der Waals surface area contributed by atoms with Gasteiger partial charge in [-0.05, 0) is 50.1 Å². The molecule has 0 aliphatic heterocycles. The molecule has 118 valence electrons. The Balaban J connectivity index is 2.42. The predicted octanol–water partition coefficient (Wildman–Crippen LogP) is 3.88. The average molecular weight is 291 g/mol. The summed E-state index contributed by atoms with van der Waals surface area (Å²) < 4.78 is 0. The van der Waals surface area contributed by atoms with Crippen molar-refractivity contribution in [3.63, 3.8) is 0 Å². The molecule has 0 aliphatic carbocycles. The Morgan fingerprint density at radius 1 is 1.10 bits per heavy atom. The van der Waals surface area contributed by atoms with E-state index in [1.54, 1.807) is 6.92 Å².